The molecule has 5 heteroatoms. The number of carbonyl (C=O) groups is 1. The third-order valence-electron chi connectivity index (χ3n) is 7.46. The van der Waals surface area contributed by atoms with E-state index in [4.69, 9.17) is 9.84 Å². The lowest BCUT2D eigenvalue weighted by Gasteiger charge is -2.20. The summed E-state index contributed by atoms with van der Waals surface area (Å²) in [4.78, 5) is 10.8. The number of epoxide rings is 1. The van der Waals surface area contributed by atoms with Gasteiger partial charge in [-0.15, -0.1) is 0 Å². The minimum absolute atomic E-state index is 0.0450. The molecule has 3 aliphatic rings. The Hall–Kier alpha value is -0.910. The Morgan fingerprint density at radius 1 is 1.14 bits per heavy atom. The predicted octanol–water partition coefficient (Wildman–Crippen LogP) is 4.27. The Morgan fingerprint density at radius 3 is 2.57 bits per heavy atom. The van der Waals surface area contributed by atoms with Crippen LogP contribution in [0.2, 0.25) is 0 Å². The normalized spacial score (nSPS) is 35.5. The van der Waals surface area contributed by atoms with Crippen molar-refractivity contribution in [1.29, 1.82) is 0 Å². The number of ether oxygens (including phenoxy) is 1. The van der Waals surface area contributed by atoms with E-state index in [0.29, 0.717) is 18.3 Å². The first-order valence-corrected chi connectivity index (χ1v) is 11.3. The molecule has 2 saturated carbocycles. The van der Waals surface area contributed by atoms with Crippen LogP contribution in [0, 0.1) is 23.7 Å². The zero-order valence-electron chi connectivity index (χ0n) is 17.3. The second-order valence-corrected chi connectivity index (χ2v) is 9.74. The van der Waals surface area contributed by atoms with Gasteiger partial charge in [0.25, 0.3) is 5.79 Å². The van der Waals surface area contributed by atoms with Crippen LogP contribution in [0.5, 0.6) is 0 Å². The summed E-state index contributed by atoms with van der Waals surface area (Å²) >= 11 is 0. The SMILES string of the molecule is C=C1CC[C@H](CCCCC2CCC(C)C2)[C@H]1C[C@H]1OC1CCC(O)(O)C(=O)O. The molecule has 3 rings (SSSR count). The minimum Gasteiger partial charge on any atom is -0.477 e. The van der Waals surface area contributed by atoms with Gasteiger partial charge in [0.2, 0.25) is 0 Å². The molecule has 1 aliphatic heterocycles. The fraction of sp³-hybridized carbons (Fsp3) is 0.870. The van der Waals surface area contributed by atoms with Crippen molar-refractivity contribution in [3.05, 3.63) is 12.2 Å². The number of hydrogen-bond donors (Lipinski definition) is 3. The van der Waals surface area contributed by atoms with E-state index in [1.807, 2.05) is 0 Å². The van der Waals surface area contributed by atoms with Gasteiger partial charge in [-0.1, -0.05) is 51.2 Å². The van der Waals surface area contributed by atoms with E-state index >= 15 is 0 Å². The first kappa shape index (κ1) is 21.8. The van der Waals surface area contributed by atoms with Crippen LogP contribution in [0.3, 0.4) is 0 Å². The molecule has 0 aromatic heterocycles. The average Bonchev–Trinajstić information content (AvgIpc) is 3.11. The van der Waals surface area contributed by atoms with Gasteiger partial charge in [-0.2, -0.15) is 0 Å². The van der Waals surface area contributed by atoms with E-state index in [9.17, 15) is 15.0 Å². The number of carboxylic acid groups (broad SMARTS) is 1. The molecule has 0 radical (unpaired) electrons. The van der Waals surface area contributed by atoms with Gasteiger partial charge in [0.15, 0.2) is 0 Å². The summed E-state index contributed by atoms with van der Waals surface area (Å²) in [5.74, 6) is -1.14. The lowest BCUT2D eigenvalue weighted by molar-refractivity contribution is -0.205. The zero-order chi connectivity index (χ0) is 20.3. The zero-order valence-corrected chi connectivity index (χ0v) is 17.3. The molecule has 0 bridgehead atoms. The fourth-order valence-corrected chi connectivity index (χ4v) is 5.56. The molecule has 1 saturated heterocycles. The molecule has 160 valence electrons. The maximum absolute atomic E-state index is 10.8. The first-order valence-electron chi connectivity index (χ1n) is 11.3. The predicted molar refractivity (Wildman–Crippen MR) is 108 cm³/mol. The van der Waals surface area contributed by atoms with Gasteiger partial charge >= 0.3 is 5.97 Å². The van der Waals surface area contributed by atoms with Crippen LogP contribution in [0.25, 0.3) is 0 Å². The van der Waals surface area contributed by atoms with Gasteiger partial charge in [-0.25, -0.2) is 4.79 Å². The van der Waals surface area contributed by atoms with Crippen LogP contribution in [0.1, 0.15) is 84.0 Å². The molecule has 6 atom stereocenters. The van der Waals surface area contributed by atoms with E-state index in [1.54, 1.807) is 0 Å². The largest absolute Gasteiger partial charge is 0.477 e. The Bertz CT molecular complexity index is 557. The number of rotatable bonds is 11. The second-order valence-electron chi connectivity index (χ2n) is 9.74. The van der Waals surface area contributed by atoms with Gasteiger partial charge in [0.05, 0.1) is 12.2 Å². The Labute approximate surface area is 169 Å². The highest BCUT2D eigenvalue weighted by atomic mass is 16.6. The minimum atomic E-state index is -2.65. The summed E-state index contributed by atoms with van der Waals surface area (Å²) in [6, 6.07) is 0. The molecule has 3 fully saturated rings. The maximum atomic E-state index is 10.8. The van der Waals surface area contributed by atoms with Crippen molar-refractivity contribution in [2.24, 2.45) is 23.7 Å². The van der Waals surface area contributed by atoms with Gasteiger partial charge in [-0.05, 0) is 62.2 Å². The fourth-order valence-electron chi connectivity index (χ4n) is 5.56. The summed E-state index contributed by atoms with van der Waals surface area (Å²) < 4.78 is 5.70. The van der Waals surface area contributed by atoms with E-state index in [1.165, 1.54) is 56.9 Å². The average molecular weight is 395 g/mol. The van der Waals surface area contributed by atoms with Gasteiger partial charge < -0.3 is 20.1 Å². The lowest BCUT2D eigenvalue weighted by atomic mass is 9.84. The molecule has 0 aromatic carbocycles. The van der Waals surface area contributed by atoms with Crippen molar-refractivity contribution in [3.63, 3.8) is 0 Å². The van der Waals surface area contributed by atoms with Crippen molar-refractivity contribution >= 4 is 5.97 Å². The second kappa shape index (κ2) is 9.27. The van der Waals surface area contributed by atoms with Crippen LogP contribution in [-0.4, -0.2) is 39.3 Å². The van der Waals surface area contributed by atoms with Crippen LogP contribution >= 0.6 is 0 Å². The third kappa shape index (κ3) is 5.80. The number of carboxylic acids is 1. The first-order chi connectivity index (χ1) is 13.3. The summed E-state index contributed by atoms with van der Waals surface area (Å²) in [5.41, 5.74) is 1.34. The highest BCUT2D eigenvalue weighted by Gasteiger charge is 2.45. The number of hydrogen-bond acceptors (Lipinski definition) is 4. The van der Waals surface area contributed by atoms with Crippen molar-refractivity contribution in [1.82, 2.24) is 0 Å². The standard InChI is InChI=1S/C23H38O5/c1-15-7-9-17(13-15)5-3-4-6-18-10-8-16(2)19(18)14-21-20(28-21)11-12-23(26,27)22(24)25/h15,17-21,26-27H,2-14H2,1H3,(H,24,25)/t15?,17?,18-,19-,20?,21+/m0/s1. The van der Waals surface area contributed by atoms with E-state index in [2.05, 4.69) is 13.5 Å². The topological polar surface area (TPSA) is 90.3 Å². The number of aliphatic carboxylic acids is 1. The Balaban J connectivity index is 1.35. The molecular formula is C23H38O5. The van der Waals surface area contributed by atoms with Gasteiger partial charge in [-0.3, -0.25) is 0 Å². The maximum Gasteiger partial charge on any atom is 0.364 e. The van der Waals surface area contributed by atoms with Crippen LogP contribution in [0.15, 0.2) is 12.2 Å². The molecule has 0 amide bonds. The number of allylic oxidation sites excluding steroid dienone is 1. The van der Waals surface area contributed by atoms with E-state index in [-0.39, 0.29) is 18.6 Å². The summed E-state index contributed by atoms with van der Waals surface area (Å²) in [7, 11) is 0. The quantitative estimate of drug-likeness (QED) is 0.211. The Morgan fingerprint density at radius 2 is 1.89 bits per heavy atom. The van der Waals surface area contributed by atoms with E-state index < -0.39 is 11.8 Å². The van der Waals surface area contributed by atoms with Crippen LogP contribution in [0.4, 0.5) is 0 Å². The van der Waals surface area contributed by atoms with Crippen molar-refractivity contribution < 1.29 is 24.9 Å². The van der Waals surface area contributed by atoms with Gasteiger partial charge in [0, 0.05) is 6.42 Å². The molecule has 3 N–H and O–H groups in total. The molecule has 5 nitrogen and oxygen atoms in total. The van der Waals surface area contributed by atoms with Crippen molar-refractivity contribution in [3.8, 4) is 0 Å². The summed E-state index contributed by atoms with van der Waals surface area (Å²) in [6.07, 6.45) is 13.1. The monoisotopic (exact) mass is 394 g/mol. The number of unbranched alkanes of at least 4 members (excludes halogenated alkanes) is 1. The number of aliphatic hydroxyl groups is 2. The molecule has 0 aromatic rings. The van der Waals surface area contributed by atoms with E-state index in [0.717, 1.165) is 24.7 Å². The summed E-state index contributed by atoms with van der Waals surface area (Å²) in [5, 5.41) is 27.6. The Kier molecular flexibility index (Phi) is 7.21. The third-order valence-corrected chi connectivity index (χ3v) is 7.46. The highest BCUT2D eigenvalue weighted by molar-refractivity contribution is 5.74. The molecule has 28 heavy (non-hydrogen) atoms. The van der Waals surface area contributed by atoms with Crippen molar-refractivity contribution in [2.75, 3.05) is 0 Å². The smallest absolute Gasteiger partial charge is 0.364 e. The van der Waals surface area contributed by atoms with Crippen LogP contribution in [-0.2, 0) is 9.53 Å². The highest BCUT2D eigenvalue weighted by Crippen LogP contribution is 2.45. The molecule has 2 aliphatic carbocycles. The lowest BCUT2D eigenvalue weighted by Crippen LogP contribution is -2.38. The molecule has 1 heterocycles. The molecule has 3 unspecified atom stereocenters. The van der Waals surface area contributed by atoms with Gasteiger partial charge in [0.1, 0.15) is 0 Å². The molecular weight excluding hydrogens is 356 g/mol. The van der Waals surface area contributed by atoms with Crippen LogP contribution < -0.4 is 0 Å². The molecule has 0 spiro atoms. The summed E-state index contributed by atoms with van der Waals surface area (Å²) in [6.45, 7) is 6.67. The van der Waals surface area contributed by atoms with Crippen molar-refractivity contribution in [2.45, 2.75) is 102 Å².